The van der Waals surface area contributed by atoms with Crippen molar-refractivity contribution in [3.8, 4) is 0 Å². The van der Waals surface area contributed by atoms with Crippen LogP contribution in [0.2, 0.25) is 0 Å². The van der Waals surface area contributed by atoms with Gasteiger partial charge in [0.2, 0.25) is 0 Å². The molecule has 0 N–H and O–H groups in total. The van der Waals surface area contributed by atoms with E-state index in [4.69, 9.17) is 0 Å². The van der Waals surface area contributed by atoms with Crippen LogP contribution in [0, 0.1) is 0 Å². The molecule has 1 saturated heterocycles. The second kappa shape index (κ2) is 5.25. The molecule has 2 aromatic rings. The zero-order chi connectivity index (χ0) is 12.4. The Morgan fingerprint density at radius 2 is 2.00 bits per heavy atom. The summed E-state index contributed by atoms with van der Waals surface area (Å²) in [5.41, 5.74) is 1.43. The summed E-state index contributed by atoms with van der Waals surface area (Å²) in [6.45, 7) is 3.56. The fraction of sp³-hybridized carbons (Fsp3) is 0.375. The van der Waals surface area contributed by atoms with Crippen molar-refractivity contribution in [2.45, 2.75) is 31.8 Å². The largest absolute Gasteiger partial charge is 0.289 e. The third-order valence-electron chi connectivity index (χ3n) is 3.95. The zero-order valence-corrected chi connectivity index (χ0v) is 11.6. The molecular formula is C16H19NS. The van der Waals surface area contributed by atoms with Crippen molar-refractivity contribution in [1.29, 1.82) is 0 Å². The summed E-state index contributed by atoms with van der Waals surface area (Å²) in [6, 6.07) is 16.5. The summed E-state index contributed by atoms with van der Waals surface area (Å²) in [5, 5.41) is 2.19. The number of likely N-dealkylation sites (tertiary alicyclic amines) is 1. The molecule has 1 nitrogen and oxygen atoms in total. The Bertz CT molecular complexity index is 477. The highest BCUT2D eigenvalue weighted by molar-refractivity contribution is 7.10. The first-order chi connectivity index (χ1) is 8.86. The van der Waals surface area contributed by atoms with Crippen LogP contribution in [0.3, 0.4) is 0 Å². The Kier molecular flexibility index (Phi) is 3.48. The van der Waals surface area contributed by atoms with Gasteiger partial charge in [-0.05, 0) is 43.3 Å². The number of benzene rings is 1. The quantitative estimate of drug-likeness (QED) is 0.774. The van der Waals surface area contributed by atoms with Gasteiger partial charge in [0.25, 0.3) is 0 Å². The zero-order valence-electron chi connectivity index (χ0n) is 10.8. The van der Waals surface area contributed by atoms with E-state index in [2.05, 4.69) is 59.7 Å². The summed E-state index contributed by atoms with van der Waals surface area (Å²) < 4.78 is 0. The van der Waals surface area contributed by atoms with Crippen molar-refractivity contribution in [2.75, 3.05) is 6.54 Å². The van der Waals surface area contributed by atoms with Crippen molar-refractivity contribution in [3.63, 3.8) is 0 Å². The van der Waals surface area contributed by atoms with Gasteiger partial charge in [-0.15, -0.1) is 11.3 Å². The first kappa shape index (κ1) is 11.9. The van der Waals surface area contributed by atoms with Gasteiger partial charge in [0.1, 0.15) is 0 Å². The number of hydrogen-bond donors (Lipinski definition) is 0. The average Bonchev–Trinajstić information content (AvgIpc) is 3.09. The van der Waals surface area contributed by atoms with Crippen LogP contribution in [0.1, 0.15) is 42.3 Å². The monoisotopic (exact) mass is 257 g/mol. The number of rotatable bonds is 3. The summed E-state index contributed by atoms with van der Waals surface area (Å²) in [5.74, 6) is 0. The van der Waals surface area contributed by atoms with Crippen molar-refractivity contribution < 1.29 is 0 Å². The molecule has 2 atom stereocenters. The van der Waals surface area contributed by atoms with Crippen molar-refractivity contribution >= 4 is 11.3 Å². The van der Waals surface area contributed by atoms with Gasteiger partial charge >= 0.3 is 0 Å². The minimum Gasteiger partial charge on any atom is -0.289 e. The standard InChI is InChI=1S/C16H19NS/c1-13(14-7-3-2-4-8-14)17-11-5-9-15(17)16-10-6-12-18-16/h2-4,6-8,10,12-13,15H,5,9,11H2,1H3. The third kappa shape index (κ3) is 2.23. The lowest BCUT2D eigenvalue weighted by Gasteiger charge is -2.30. The van der Waals surface area contributed by atoms with E-state index in [0.717, 1.165) is 0 Å². The molecule has 1 fully saturated rings. The minimum absolute atomic E-state index is 0.515. The molecule has 2 heteroatoms. The van der Waals surface area contributed by atoms with E-state index in [0.29, 0.717) is 12.1 Å². The highest BCUT2D eigenvalue weighted by atomic mass is 32.1. The van der Waals surface area contributed by atoms with Crippen LogP contribution >= 0.6 is 11.3 Å². The molecule has 0 bridgehead atoms. The maximum absolute atomic E-state index is 2.65. The van der Waals surface area contributed by atoms with Gasteiger partial charge in [0.15, 0.2) is 0 Å². The molecule has 2 unspecified atom stereocenters. The number of nitrogens with zero attached hydrogens (tertiary/aromatic N) is 1. The Labute approximate surface area is 113 Å². The van der Waals surface area contributed by atoms with E-state index >= 15 is 0 Å². The molecule has 94 valence electrons. The van der Waals surface area contributed by atoms with E-state index in [-0.39, 0.29) is 0 Å². The Morgan fingerprint density at radius 1 is 1.17 bits per heavy atom. The minimum atomic E-state index is 0.515. The maximum atomic E-state index is 2.65. The fourth-order valence-corrected chi connectivity index (χ4v) is 3.84. The van der Waals surface area contributed by atoms with E-state index in [1.807, 2.05) is 11.3 Å². The van der Waals surface area contributed by atoms with E-state index in [9.17, 15) is 0 Å². The van der Waals surface area contributed by atoms with Gasteiger partial charge in [0, 0.05) is 17.0 Å². The molecule has 2 heterocycles. The summed E-state index contributed by atoms with van der Waals surface area (Å²) in [4.78, 5) is 4.18. The molecule has 3 rings (SSSR count). The third-order valence-corrected chi connectivity index (χ3v) is 4.92. The second-order valence-electron chi connectivity index (χ2n) is 5.00. The van der Waals surface area contributed by atoms with Crippen LogP contribution in [0.15, 0.2) is 47.8 Å². The molecule has 0 radical (unpaired) electrons. The topological polar surface area (TPSA) is 3.24 Å². The normalized spacial score (nSPS) is 22.2. The van der Waals surface area contributed by atoms with Crippen LogP contribution < -0.4 is 0 Å². The molecule has 1 aromatic heterocycles. The molecule has 0 saturated carbocycles. The second-order valence-corrected chi connectivity index (χ2v) is 5.98. The fourth-order valence-electron chi connectivity index (χ4n) is 2.96. The molecule has 18 heavy (non-hydrogen) atoms. The Balaban J connectivity index is 1.83. The molecule has 0 aliphatic carbocycles. The van der Waals surface area contributed by atoms with Crippen LogP contribution in [-0.2, 0) is 0 Å². The van der Waals surface area contributed by atoms with Gasteiger partial charge in [-0.25, -0.2) is 0 Å². The molecule has 0 amide bonds. The van der Waals surface area contributed by atoms with Crippen LogP contribution in [-0.4, -0.2) is 11.4 Å². The number of hydrogen-bond acceptors (Lipinski definition) is 2. The molecule has 1 aliphatic heterocycles. The Hall–Kier alpha value is -1.12. The lowest BCUT2D eigenvalue weighted by molar-refractivity contribution is 0.196. The van der Waals surface area contributed by atoms with E-state index in [1.54, 1.807) is 0 Å². The molecular weight excluding hydrogens is 238 g/mol. The SMILES string of the molecule is CC(c1ccccc1)N1CCCC1c1cccs1. The predicted molar refractivity (Wildman–Crippen MR) is 77.9 cm³/mol. The average molecular weight is 257 g/mol. The lowest BCUT2D eigenvalue weighted by Crippen LogP contribution is -2.26. The highest BCUT2D eigenvalue weighted by Gasteiger charge is 2.30. The first-order valence-electron chi connectivity index (χ1n) is 6.70. The van der Waals surface area contributed by atoms with Gasteiger partial charge in [-0.1, -0.05) is 36.4 Å². The van der Waals surface area contributed by atoms with Gasteiger partial charge in [-0.3, -0.25) is 4.90 Å². The first-order valence-corrected chi connectivity index (χ1v) is 7.58. The van der Waals surface area contributed by atoms with E-state index < -0.39 is 0 Å². The van der Waals surface area contributed by atoms with Crippen LogP contribution in [0.4, 0.5) is 0 Å². The lowest BCUT2D eigenvalue weighted by atomic mass is 10.1. The smallest absolute Gasteiger partial charge is 0.0448 e. The maximum Gasteiger partial charge on any atom is 0.0448 e. The highest BCUT2D eigenvalue weighted by Crippen LogP contribution is 2.39. The number of thiophene rings is 1. The molecule has 1 aromatic carbocycles. The van der Waals surface area contributed by atoms with Crippen molar-refractivity contribution in [1.82, 2.24) is 4.90 Å². The van der Waals surface area contributed by atoms with Crippen molar-refractivity contribution in [3.05, 3.63) is 58.3 Å². The molecule has 0 spiro atoms. The summed E-state index contributed by atoms with van der Waals surface area (Å²) in [7, 11) is 0. The Morgan fingerprint density at radius 3 is 2.72 bits per heavy atom. The summed E-state index contributed by atoms with van der Waals surface area (Å²) >= 11 is 1.89. The van der Waals surface area contributed by atoms with Gasteiger partial charge in [0.05, 0.1) is 0 Å². The van der Waals surface area contributed by atoms with E-state index in [1.165, 1.54) is 29.8 Å². The predicted octanol–water partition coefficient (Wildman–Crippen LogP) is 4.65. The van der Waals surface area contributed by atoms with Crippen molar-refractivity contribution in [2.24, 2.45) is 0 Å². The summed E-state index contributed by atoms with van der Waals surface area (Å²) in [6.07, 6.45) is 2.62. The van der Waals surface area contributed by atoms with Gasteiger partial charge in [-0.2, -0.15) is 0 Å². The van der Waals surface area contributed by atoms with Crippen LogP contribution in [0.5, 0.6) is 0 Å². The molecule has 1 aliphatic rings. The van der Waals surface area contributed by atoms with Crippen LogP contribution in [0.25, 0.3) is 0 Å². The van der Waals surface area contributed by atoms with Gasteiger partial charge < -0.3 is 0 Å².